The molecule has 3 aliphatic carbocycles. The Bertz CT molecular complexity index is 3730. The number of fused-ring (bicyclic) bond motifs is 9. The van der Waals surface area contributed by atoms with Gasteiger partial charge in [-0.2, -0.15) is 0 Å². The lowest BCUT2D eigenvalue weighted by Gasteiger charge is -2.48. The molecule has 0 bridgehead atoms. The highest BCUT2D eigenvalue weighted by atomic mass is 32.1. The molecule has 13 rings (SSSR count). The van der Waals surface area contributed by atoms with Gasteiger partial charge in [0.1, 0.15) is 0 Å². The zero-order valence-electron chi connectivity index (χ0n) is 49.8. The van der Waals surface area contributed by atoms with Crippen LogP contribution >= 0.6 is 11.3 Å². The number of hydrogen-bond donors (Lipinski definition) is 0. The second kappa shape index (κ2) is 17.0. The van der Waals surface area contributed by atoms with Crippen molar-refractivity contribution >= 4 is 95.0 Å². The number of anilines is 9. The lowest BCUT2D eigenvalue weighted by molar-refractivity contribution is 0.332. The van der Waals surface area contributed by atoms with Crippen LogP contribution in [0.3, 0.4) is 0 Å². The fraction of sp³-hybridized carbons (Fsp3) is 0.397. The van der Waals surface area contributed by atoms with Gasteiger partial charge < -0.3 is 14.7 Å². The summed E-state index contributed by atoms with van der Waals surface area (Å²) in [4.78, 5) is 7.99. The summed E-state index contributed by atoms with van der Waals surface area (Å²) in [7, 11) is 0. The van der Waals surface area contributed by atoms with Crippen LogP contribution in [0.15, 0.2) is 133 Å². The first-order chi connectivity index (χ1) is 36.7. The largest absolute Gasteiger partial charge is 0.311 e. The van der Waals surface area contributed by atoms with Gasteiger partial charge in [0, 0.05) is 44.5 Å². The molecule has 0 unspecified atom stereocenters. The van der Waals surface area contributed by atoms with E-state index >= 15 is 0 Å². The van der Waals surface area contributed by atoms with Gasteiger partial charge in [0.25, 0.3) is 6.71 Å². The van der Waals surface area contributed by atoms with Crippen LogP contribution in [0.5, 0.6) is 0 Å². The summed E-state index contributed by atoms with van der Waals surface area (Å²) in [5.41, 5.74) is 26.0. The van der Waals surface area contributed by atoms with Crippen LogP contribution in [0.1, 0.15) is 187 Å². The molecule has 0 N–H and O–H groups in total. The predicted molar refractivity (Wildman–Crippen MR) is 340 cm³/mol. The van der Waals surface area contributed by atoms with Gasteiger partial charge in [0.15, 0.2) is 0 Å². The third kappa shape index (κ3) is 7.77. The van der Waals surface area contributed by atoms with Crippen molar-refractivity contribution in [3.63, 3.8) is 0 Å². The highest BCUT2D eigenvalue weighted by Gasteiger charge is 2.50. The minimum Gasteiger partial charge on any atom is -0.311 e. The first-order valence-corrected chi connectivity index (χ1v) is 30.2. The minimum absolute atomic E-state index is 0.00698. The maximum absolute atomic E-state index is 2.75. The molecule has 0 atom stereocenters. The second-order valence-corrected chi connectivity index (χ2v) is 30.5. The molecule has 1 aromatic heterocycles. The number of aryl methyl sites for hydroxylation is 1. The maximum atomic E-state index is 2.75. The van der Waals surface area contributed by atoms with Crippen molar-refractivity contribution in [1.82, 2.24) is 0 Å². The van der Waals surface area contributed by atoms with Crippen molar-refractivity contribution in [2.24, 2.45) is 0 Å². The molecule has 5 heteroatoms. The SMILES string of the molecule is Cc1cc(C(C)(C)C)ccc1N1c2cc(N(c3ccccc3)c3ccccc3)cc3c2B(c2cc4c(cc2N3c2ccc3c(c2)C(C)(C)CCC3(C)C)C(C)(C)CCC4(C)C)c2c1sc1cc3c(cc21)C(C)(C)CCC3(C)C. The Kier molecular flexibility index (Phi) is 11.2. The average molecular weight is 1040 g/mol. The van der Waals surface area contributed by atoms with E-state index in [1.165, 1.54) is 124 Å². The van der Waals surface area contributed by atoms with E-state index in [1.807, 2.05) is 11.3 Å². The summed E-state index contributed by atoms with van der Waals surface area (Å²) >= 11 is 2.03. The zero-order valence-corrected chi connectivity index (χ0v) is 50.6. The van der Waals surface area contributed by atoms with Gasteiger partial charge in [0.05, 0.1) is 10.7 Å². The normalized spacial score (nSPS) is 19.5. The topological polar surface area (TPSA) is 9.72 Å². The van der Waals surface area contributed by atoms with Crippen LogP contribution in [-0.2, 0) is 37.9 Å². The van der Waals surface area contributed by atoms with E-state index in [0.717, 1.165) is 36.3 Å². The fourth-order valence-corrected chi connectivity index (χ4v) is 16.2. The molecule has 78 heavy (non-hydrogen) atoms. The smallest absolute Gasteiger partial charge is 0.254 e. The first-order valence-electron chi connectivity index (χ1n) is 29.4. The molecule has 2 aliphatic heterocycles. The Hall–Kier alpha value is -6.04. The number of nitrogens with zero attached hydrogens (tertiary/aromatic N) is 3. The summed E-state index contributed by atoms with van der Waals surface area (Å²) < 4.78 is 1.39. The highest BCUT2D eigenvalue weighted by Crippen LogP contribution is 2.56. The molecule has 0 amide bonds. The zero-order chi connectivity index (χ0) is 55.0. The van der Waals surface area contributed by atoms with E-state index in [-0.39, 0.29) is 44.6 Å². The summed E-state index contributed by atoms with van der Waals surface area (Å²) in [6, 6.07) is 53.1. The van der Waals surface area contributed by atoms with Crippen molar-refractivity contribution in [3.8, 4) is 0 Å². The lowest BCUT2D eigenvalue weighted by Crippen LogP contribution is -2.61. The Morgan fingerprint density at radius 1 is 0.436 bits per heavy atom. The lowest BCUT2D eigenvalue weighted by atomic mass is 9.33. The number of rotatable bonds is 5. The molecule has 0 fully saturated rings. The average Bonchev–Trinajstić information content (AvgIpc) is 2.25. The number of thiophene rings is 1. The molecule has 5 aliphatic rings. The van der Waals surface area contributed by atoms with Gasteiger partial charge in [-0.3, -0.25) is 0 Å². The van der Waals surface area contributed by atoms with Gasteiger partial charge >= 0.3 is 0 Å². The molecule has 8 aromatic rings. The molecule has 0 radical (unpaired) electrons. The third-order valence-electron chi connectivity index (χ3n) is 20.3. The molecule has 0 saturated heterocycles. The first kappa shape index (κ1) is 51.4. The van der Waals surface area contributed by atoms with Crippen LogP contribution < -0.4 is 31.1 Å². The number of hydrogen-bond acceptors (Lipinski definition) is 4. The Morgan fingerprint density at radius 2 is 0.923 bits per heavy atom. The van der Waals surface area contributed by atoms with Crippen molar-refractivity contribution in [3.05, 3.63) is 178 Å². The summed E-state index contributed by atoms with van der Waals surface area (Å²) in [6.07, 6.45) is 7.03. The Morgan fingerprint density at radius 3 is 1.46 bits per heavy atom. The van der Waals surface area contributed by atoms with Gasteiger partial charge in [0.2, 0.25) is 0 Å². The van der Waals surface area contributed by atoms with E-state index in [2.05, 4.69) is 259 Å². The molecular formula is C73H82BN3S. The van der Waals surface area contributed by atoms with Crippen molar-refractivity contribution in [1.29, 1.82) is 0 Å². The highest BCUT2D eigenvalue weighted by molar-refractivity contribution is 7.26. The number of benzene rings is 7. The van der Waals surface area contributed by atoms with Crippen LogP contribution in [0.2, 0.25) is 0 Å². The van der Waals surface area contributed by atoms with Crippen molar-refractivity contribution in [2.45, 2.75) is 187 Å². The maximum Gasteiger partial charge on any atom is 0.254 e. The Balaban J connectivity index is 1.22. The molecular weight excluding hydrogens is 962 g/mol. The molecule has 3 heterocycles. The monoisotopic (exact) mass is 1040 g/mol. The van der Waals surface area contributed by atoms with Crippen LogP contribution in [0.25, 0.3) is 10.1 Å². The van der Waals surface area contributed by atoms with E-state index in [9.17, 15) is 0 Å². The van der Waals surface area contributed by atoms with Gasteiger partial charge in [-0.1, -0.05) is 165 Å². The quantitative estimate of drug-likeness (QED) is 0.159. The van der Waals surface area contributed by atoms with Gasteiger partial charge in [-0.05, 0) is 222 Å². The molecule has 3 nitrogen and oxygen atoms in total. The molecule has 7 aromatic carbocycles. The summed E-state index contributed by atoms with van der Waals surface area (Å²) in [5.74, 6) is 0. The minimum atomic E-state index is -0.0248. The summed E-state index contributed by atoms with van der Waals surface area (Å²) in [6.45, 7) is 39.3. The van der Waals surface area contributed by atoms with Crippen molar-refractivity contribution in [2.75, 3.05) is 14.7 Å². The summed E-state index contributed by atoms with van der Waals surface area (Å²) in [5, 5.41) is 2.76. The van der Waals surface area contributed by atoms with E-state index in [4.69, 9.17) is 0 Å². The van der Waals surface area contributed by atoms with Gasteiger partial charge in [-0.25, -0.2) is 0 Å². The van der Waals surface area contributed by atoms with Crippen LogP contribution in [-0.4, -0.2) is 6.71 Å². The van der Waals surface area contributed by atoms with Crippen molar-refractivity contribution < 1.29 is 0 Å². The van der Waals surface area contributed by atoms with E-state index in [0.29, 0.717) is 0 Å². The second-order valence-electron chi connectivity index (χ2n) is 29.5. The Labute approximate surface area is 472 Å². The molecule has 0 spiro atoms. The standard InChI is InChI=1S/C73H82BN3S/c1-45-37-46(67(2,3)4)27-30-59(45)77-62-40-50(75(47-23-19-17-20-24-47)48-25-21-18-22-26-48)39-61-65(62)74(64-51-41-54-57(44-63(51)78-66(64)77)73(15,16)36-33-70(54,9)10)58-42-55-56(72(13,14)35-34-71(55,11)12)43-60(58)76(61)49-28-29-52-53(38-49)69(7,8)32-31-68(52,5)6/h17-30,37-44H,31-36H2,1-16H3. The molecule has 398 valence electrons. The van der Waals surface area contributed by atoms with E-state index in [1.54, 1.807) is 0 Å². The number of para-hydroxylation sites is 2. The fourth-order valence-electron chi connectivity index (χ4n) is 15.0. The van der Waals surface area contributed by atoms with E-state index < -0.39 is 0 Å². The van der Waals surface area contributed by atoms with Gasteiger partial charge in [-0.15, -0.1) is 11.3 Å². The van der Waals surface area contributed by atoms with Crippen LogP contribution in [0, 0.1) is 6.92 Å². The predicted octanol–water partition coefficient (Wildman–Crippen LogP) is 19.1. The van der Waals surface area contributed by atoms with Crippen LogP contribution in [0.4, 0.5) is 50.5 Å². The molecule has 0 saturated carbocycles. The third-order valence-corrected chi connectivity index (χ3v) is 21.5.